The Hall–Kier alpha value is -2.53. The van der Waals surface area contributed by atoms with Gasteiger partial charge in [0.1, 0.15) is 5.75 Å². The molecule has 0 unspecified atom stereocenters. The Morgan fingerprint density at radius 2 is 1.97 bits per heavy atom. The minimum Gasteiger partial charge on any atom is -0.496 e. The van der Waals surface area contributed by atoms with E-state index in [-0.39, 0.29) is 10.8 Å². The number of nitrogens with zero attached hydrogens (tertiary/aromatic N) is 2. The van der Waals surface area contributed by atoms with Crippen molar-refractivity contribution in [3.05, 3.63) is 48.0 Å². The van der Waals surface area contributed by atoms with E-state index in [4.69, 9.17) is 9.47 Å². The number of aromatic nitrogens is 1. The maximum Gasteiger partial charge on any atom is 0.261 e. The van der Waals surface area contributed by atoms with Gasteiger partial charge in [-0.3, -0.25) is 10.1 Å². The summed E-state index contributed by atoms with van der Waals surface area (Å²) >= 11 is 1.22. The first-order valence-corrected chi connectivity index (χ1v) is 11.2. The highest BCUT2D eigenvalue weighted by atomic mass is 32.2. The molecule has 152 valence electrons. The third kappa shape index (κ3) is 3.97. The Kier molecular flexibility index (Phi) is 5.50. The molecule has 0 radical (unpaired) electrons. The normalized spacial score (nSPS) is 15.3. The summed E-state index contributed by atoms with van der Waals surface area (Å²) in [5.41, 5.74) is 1.01. The van der Waals surface area contributed by atoms with Crippen molar-refractivity contribution in [1.82, 2.24) is 9.29 Å². The van der Waals surface area contributed by atoms with E-state index in [0.29, 0.717) is 53.0 Å². The van der Waals surface area contributed by atoms with E-state index in [1.165, 1.54) is 22.8 Å². The fourth-order valence-corrected chi connectivity index (χ4v) is 5.46. The van der Waals surface area contributed by atoms with E-state index in [1.54, 1.807) is 42.5 Å². The standard InChI is InChI=1S/C19H19N3O5S2/c1-26-16-5-3-2-4-14(16)18(23)21-19-20-15-7-6-13(12-17(15)28-19)29(24,25)22-8-10-27-11-9-22/h2-7,12H,8-11H2,1H3,(H,20,21,23). The number of para-hydroxylation sites is 1. The van der Waals surface area contributed by atoms with Crippen molar-refractivity contribution in [2.45, 2.75) is 4.90 Å². The number of morpholine rings is 1. The van der Waals surface area contributed by atoms with Crippen LogP contribution in [0.15, 0.2) is 47.4 Å². The van der Waals surface area contributed by atoms with Gasteiger partial charge in [-0.2, -0.15) is 4.31 Å². The number of nitrogens with one attached hydrogen (secondary N) is 1. The van der Waals surface area contributed by atoms with Gasteiger partial charge in [-0.25, -0.2) is 13.4 Å². The highest BCUT2D eigenvalue weighted by molar-refractivity contribution is 7.89. The summed E-state index contributed by atoms with van der Waals surface area (Å²) in [6.45, 7) is 1.45. The number of benzene rings is 2. The Labute approximate surface area is 172 Å². The number of amides is 1. The largest absolute Gasteiger partial charge is 0.496 e. The Bertz CT molecular complexity index is 1150. The molecule has 1 fully saturated rings. The molecule has 1 aliphatic heterocycles. The van der Waals surface area contributed by atoms with Gasteiger partial charge in [0, 0.05) is 13.1 Å². The minimum atomic E-state index is -3.59. The summed E-state index contributed by atoms with van der Waals surface area (Å²) in [6.07, 6.45) is 0. The molecule has 29 heavy (non-hydrogen) atoms. The highest BCUT2D eigenvalue weighted by Gasteiger charge is 2.26. The van der Waals surface area contributed by atoms with Crippen LogP contribution in [0.5, 0.6) is 5.75 Å². The van der Waals surface area contributed by atoms with E-state index in [2.05, 4.69) is 10.3 Å². The van der Waals surface area contributed by atoms with E-state index < -0.39 is 10.0 Å². The van der Waals surface area contributed by atoms with E-state index in [0.717, 1.165) is 0 Å². The monoisotopic (exact) mass is 433 g/mol. The number of methoxy groups -OCH3 is 1. The zero-order valence-corrected chi connectivity index (χ0v) is 17.3. The molecule has 1 saturated heterocycles. The molecule has 1 aromatic heterocycles. The molecule has 1 N–H and O–H groups in total. The van der Waals surface area contributed by atoms with Crippen molar-refractivity contribution in [3.63, 3.8) is 0 Å². The van der Waals surface area contributed by atoms with Crippen molar-refractivity contribution in [1.29, 1.82) is 0 Å². The SMILES string of the molecule is COc1ccccc1C(=O)Nc1nc2ccc(S(=O)(=O)N3CCOCC3)cc2s1. The van der Waals surface area contributed by atoms with Crippen LogP contribution in [0.25, 0.3) is 10.2 Å². The summed E-state index contributed by atoms with van der Waals surface area (Å²) in [6, 6.07) is 11.7. The molecule has 0 saturated carbocycles. The van der Waals surface area contributed by atoms with Crippen LogP contribution in [0.4, 0.5) is 5.13 Å². The lowest BCUT2D eigenvalue weighted by atomic mass is 10.2. The number of anilines is 1. The van der Waals surface area contributed by atoms with Crippen LogP contribution >= 0.6 is 11.3 Å². The molecule has 1 amide bonds. The number of hydrogen-bond acceptors (Lipinski definition) is 7. The predicted octanol–water partition coefficient (Wildman–Crippen LogP) is 2.58. The van der Waals surface area contributed by atoms with Crippen molar-refractivity contribution in [3.8, 4) is 5.75 Å². The van der Waals surface area contributed by atoms with E-state index >= 15 is 0 Å². The molecule has 10 heteroatoms. The number of sulfonamides is 1. The maximum atomic E-state index is 12.8. The third-order valence-corrected chi connectivity index (χ3v) is 7.37. The van der Waals surface area contributed by atoms with Gasteiger partial charge >= 0.3 is 0 Å². The molecule has 0 atom stereocenters. The summed E-state index contributed by atoms with van der Waals surface area (Å²) in [4.78, 5) is 17.2. The summed E-state index contributed by atoms with van der Waals surface area (Å²) in [7, 11) is -2.09. The molecule has 0 bridgehead atoms. The summed E-state index contributed by atoms with van der Waals surface area (Å²) < 4.78 is 38.2. The van der Waals surface area contributed by atoms with Crippen molar-refractivity contribution in [2.24, 2.45) is 0 Å². The molecule has 2 aromatic carbocycles. The van der Waals surface area contributed by atoms with E-state index in [1.807, 2.05) is 0 Å². The second-order valence-corrected chi connectivity index (χ2v) is 9.29. The van der Waals surface area contributed by atoms with Crippen LogP contribution in [0.2, 0.25) is 0 Å². The number of carbonyl (C=O) groups excluding carboxylic acids is 1. The number of hydrogen-bond donors (Lipinski definition) is 1. The average molecular weight is 434 g/mol. The van der Waals surface area contributed by atoms with Gasteiger partial charge in [0.05, 0.1) is 41.0 Å². The van der Waals surface area contributed by atoms with Gasteiger partial charge in [-0.15, -0.1) is 0 Å². The molecular formula is C19H19N3O5S2. The van der Waals surface area contributed by atoms with Gasteiger partial charge < -0.3 is 9.47 Å². The minimum absolute atomic E-state index is 0.207. The number of ether oxygens (including phenoxy) is 2. The Morgan fingerprint density at radius 1 is 1.21 bits per heavy atom. The van der Waals surface area contributed by atoms with Gasteiger partial charge in [0.15, 0.2) is 5.13 Å². The zero-order valence-electron chi connectivity index (χ0n) is 15.6. The third-order valence-electron chi connectivity index (χ3n) is 4.54. The lowest BCUT2D eigenvalue weighted by Crippen LogP contribution is -2.40. The molecule has 2 heterocycles. The first kappa shape index (κ1) is 19.8. The molecule has 1 aliphatic rings. The molecule has 0 aliphatic carbocycles. The zero-order chi connectivity index (χ0) is 20.4. The summed E-state index contributed by atoms with van der Waals surface area (Å²) in [5, 5.41) is 3.14. The number of fused-ring (bicyclic) bond motifs is 1. The number of thiazole rings is 1. The first-order chi connectivity index (χ1) is 14.0. The Balaban J connectivity index is 1.59. The summed E-state index contributed by atoms with van der Waals surface area (Å²) in [5.74, 6) is 0.118. The van der Waals surface area contributed by atoms with Crippen LogP contribution in [0, 0.1) is 0 Å². The lowest BCUT2D eigenvalue weighted by molar-refractivity contribution is 0.0730. The number of rotatable bonds is 5. The van der Waals surface area contributed by atoms with Gasteiger partial charge in [0.2, 0.25) is 10.0 Å². The van der Waals surface area contributed by atoms with Gasteiger partial charge in [0.25, 0.3) is 5.91 Å². The second-order valence-electron chi connectivity index (χ2n) is 6.32. The van der Waals surface area contributed by atoms with Crippen LogP contribution in [0.1, 0.15) is 10.4 Å². The molecule has 4 rings (SSSR count). The molecule has 0 spiro atoms. The first-order valence-electron chi connectivity index (χ1n) is 8.92. The molecule has 3 aromatic rings. The van der Waals surface area contributed by atoms with Crippen LogP contribution in [0.3, 0.4) is 0 Å². The smallest absolute Gasteiger partial charge is 0.261 e. The highest BCUT2D eigenvalue weighted by Crippen LogP contribution is 2.30. The second kappa shape index (κ2) is 8.07. The quantitative estimate of drug-likeness (QED) is 0.664. The maximum absolute atomic E-state index is 12.8. The van der Waals surface area contributed by atoms with Crippen molar-refractivity contribution in [2.75, 3.05) is 38.7 Å². The van der Waals surface area contributed by atoms with Crippen LogP contribution in [-0.4, -0.2) is 57.0 Å². The topological polar surface area (TPSA) is 97.8 Å². The fraction of sp³-hybridized carbons (Fsp3) is 0.263. The number of carbonyl (C=O) groups is 1. The Morgan fingerprint density at radius 3 is 2.72 bits per heavy atom. The van der Waals surface area contributed by atoms with Gasteiger partial charge in [-0.1, -0.05) is 23.5 Å². The molecular weight excluding hydrogens is 414 g/mol. The van der Waals surface area contributed by atoms with Crippen LogP contribution < -0.4 is 10.1 Å². The lowest BCUT2D eigenvalue weighted by Gasteiger charge is -2.25. The van der Waals surface area contributed by atoms with Crippen molar-refractivity contribution < 1.29 is 22.7 Å². The van der Waals surface area contributed by atoms with E-state index in [9.17, 15) is 13.2 Å². The van der Waals surface area contributed by atoms with Crippen LogP contribution in [-0.2, 0) is 14.8 Å². The van der Waals surface area contributed by atoms with Crippen molar-refractivity contribution >= 4 is 42.6 Å². The molecule has 8 nitrogen and oxygen atoms in total. The average Bonchev–Trinajstić information content (AvgIpc) is 3.15. The fourth-order valence-electron chi connectivity index (χ4n) is 3.05. The predicted molar refractivity (Wildman–Crippen MR) is 110 cm³/mol. The van der Waals surface area contributed by atoms with Gasteiger partial charge in [-0.05, 0) is 30.3 Å².